The maximum Gasteiger partial charge on any atom is 0.216 e. The maximum absolute atomic E-state index is 12.4. The molecule has 0 aliphatic rings. The van der Waals surface area contributed by atoms with E-state index in [1.807, 2.05) is 6.92 Å². The van der Waals surface area contributed by atoms with E-state index in [4.69, 9.17) is 0 Å². The van der Waals surface area contributed by atoms with Crippen LogP contribution in [0.15, 0.2) is 46.3 Å². The van der Waals surface area contributed by atoms with Gasteiger partial charge in [0.25, 0.3) is 0 Å². The Morgan fingerprint density at radius 1 is 1.38 bits per heavy atom. The molecular formula is C15H15N3O2S. The van der Waals surface area contributed by atoms with Gasteiger partial charge < -0.3 is 0 Å². The lowest BCUT2D eigenvalue weighted by atomic mass is 10.2. The first-order valence-electron chi connectivity index (χ1n) is 6.45. The van der Waals surface area contributed by atoms with Gasteiger partial charge in [-0.2, -0.15) is 10.4 Å². The van der Waals surface area contributed by atoms with Crippen LogP contribution in [-0.4, -0.2) is 18.2 Å². The summed E-state index contributed by atoms with van der Waals surface area (Å²) in [7, 11) is -3.80. The lowest BCUT2D eigenvalue weighted by molar-refractivity contribution is 0.603. The fraction of sp³-hybridized carbons (Fsp3) is 0.200. The van der Waals surface area contributed by atoms with Crippen LogP contribution in [0.5, 0.6) is 0 Å². The molecule has 0 unspecified atom stereocenters. The van der Waals surface area contributed by atoms with E-state index in [1.165, 1.54) is 18.2 Å². The zero-order valence-electron chi connectivity index (χ0n) is 11.8. The monoisotopic (exact) mass is 301 g/mol. The highest BCUT2D eigenvalue weighted by atomic mass is 32.2. The normalized spacial score (nSPS) is 12.1. The minimum absolute atomic E-state index is 0.110. The highest BCUT2D eigenvalue weighted by Gasteiger charge is 2.21. The highest BCUT2D eigenvalue weighted by Crippen LogP contribution is 2.21. The van der Waals surface area contributed by atoms with Gasteiger partial charge in [-0.15, -0.1) is 0 Å². The zero-order valence-corrected chi connectivity index (χ0v) is 12.6. The number of aryl methyl sites for hydroxylation is 2. The van der Waals surface area contributed by atoms with Crippen LogP contribution in [0.1, 0.15) is 18.2 Å². The van der Waals surface area contributed by atoms with Gasteiger partial charge in [0, 0.05) is 18.3 Å². The van der Waals surface area contributed by atoms with Crippen LogP contribution >= 0.6 is 0 Å². The Morgan fingerprint density at radius 2 is 2.05 bits per heavy atom. The second kappa shape index (κ2) is 5.94. The van der Waals surface area contributed by atoms with Gasteiger partial charge in [-0.25, -0.2) is 8.42 Å². The molecule has 1 aromatic carbocycles. The molecule has 0 atom stereocenters. The molecule has 6 heteroatoms. The predicted molar refractivity (Wildman–Crippen MR) is 79.9 cm³/mol. The molecule has 5 nitrogen and oxygen atoms in total. The molecule has 0 radical (unpaired) electrons. The van der Waals surface area contributed by atoms with Gasteiger partial charge in [0.2, 0.25) is 9.84 Å². The van der Waals surface area contributed by atoms with Gasteiger partial charge in [-0.1, -0.05) is 18.2 Å². The number of nitriles is 1. The number of rotatable bonds is 4. The van der Waals surface area contributed by atoms with Gasteiger partial charge in [0.05, 0.1) is 10.6 Å². The number of hydrogen-bond acceptors (Lipinski definition) is 4. The summed E-state index contributed by atoms with van der Waals surface area (Å²) in [6.07, 6.45) is 3.10. The van der Waals surface area contributed by atoms with Crippen molar-refractivity contribution in [3.63, 3.8) is 0 Å². The standard InChI is InChI=1S/C15H15N3O2S/c1-3-18-11-13(12(2)17-18)9-15(10-16)21(19,20)14-7-5-4-6-8-14/h4-9,11H,3H2,1-2H3/b15-9-. The summed E-state index contributed by atoms with van der Waals surface area (Å²) in [6.45, 7) is 4.40. The molecule has 0 amide bonds. The van der Waals surface area contributed by atoms with Crippen molar-refractivity contribution in [3.8, 4) is 6.07 Å². The van der Waals surface area contributed by atoms with Gasteiger partial charge >= 0.3 is 0 Å². The van der Waals surface area contributed by atoms with Crippen molar-refractivity contribution >= 4 is 15.9 Å². The van der Waals surface area contributed by atoms with E-state index < -0.39 is 9.84 Å². The third kappa shape index (κ3) is 3.03. The van der Waals surface area contributed by atoms with E-state index in [9.17, 15) is 13.7 Å². The minimum Gasteiger partial charge on any atom is -0.272 e. The summed E-state index contributed by atoms with van der Waals surface area (Å²) in [4.78, 5) is -0.175. The van der Waals surface area contributed by atoms with Crippen LogP contribution in [-0.2, 0) is 16.4 Å². The van der Waals surface area contributed by atoms with Gasteiger partial charge in [-0.3, -0.25) is 4.68 Å². The average Bonchev–Trinajstić information content (AvgIpc) is 2.85. The Kier molecular flexibility index (Phi) is 4.24. The van der Waals surface area contributed by atoms with Crippen LogP contribution in [0.4, 0.5) is 0 Å². The van der Waals surface area contributed by atoms with Gasteiger partial charge in [-0.05, 0) is 32.1 Å². The van der Waals surface area contributed by atoms with Crippen LogP contribution < -0.4 is 0 Å². The number of hydrogen-bond donors (Lipinski definition) is 0. The molecule has 21 heavy (non-hydrogen) atoms. The Morgan fingerprint density at radius 3 is 2.57 bits per heavy atom. The molecule has 2 rings (SSSR count). The fourth-order valence-electron chi connectivity index (χ4n) is 1.87. The Labute approximate surface area is 124 Å². The van der Waals surface area contributed by atoms with E-state index in [1.54, 1.807) is 42.1 Å². The van der Waals surface area contributed by atoms with Crippen molar-refractivity contribution in [2.75, 3.05) is 0 Å². The number of benzene rings is 1. The number of nitrogens with zero attached hydrogens (tertiary/aromatic N) is 3. The van der Waals surface area contributed by atoms with Crippen LogP contribution in [0.2, 0.25) is 0 Å². The lowest BCUT2D eigenvalue weighted by Crippen LogP contribution is -2.03. The third-order valence-electron chi connectivity index (χ3n) is 3.05. The van der Waals surface area contributed by atoms with E-state index in [2.05, 4.69) is 5.10 Å². The van der Waals surface area contributed by atoms with Crippen LogP contribution in [0.3, 0.4) is 0 Å². The second-order valence-corrected chi connectivity index (χ2v) is 6.38. The number of aromatic nitrogens is 2. The molecule has 0 saturated carbocycles. The lowest BCUT2D eigenvalue weighted by Gasteiger charge is -2.02. The molecule has 0 N–H and O–H groups in total. The first-order chi connectivity index (χ1) is 9.98. The molecule has 2 aromatic rings. The smallest absolute Gasteiger partial charge is 0.216 e. The summed E-state index contributed by atoms with van der Waals surface area (Å²) in [5.41, 5.74) is 1.32. The van der Waals surface area contributed by atoms with Gasteiger partial charge in [0.1, 0.15) is 11.0 Å². The average molecular weight is 301 g/mol. The number of allylic oxidation sites excluding steroid dienone is 1. The summed E-state index contributed by atoms with van der Waals surface area (Å²) >= 11 is 0. The summed E-state index contributed by atoms with van der Waals surface area (Å²) in [6, 6.07) is 9.71. The molecule has 0 bridgehead atoms. The van der Waals surface area contributed by atoms with E-state index in [0.29, 0.717) is 17.8 Å². The maximum atomic E-state index is 12.4. The van der Waals surface area contributed by atoms with Crippen molar-refractivity contribution in [2.45, 2.75) is 25.3 Å². The Balaban J connectivity index is 2.51. The molecule has 0 saturated heterocycles. The quantitative estimate of drug-likeness (QED) is 0.813. The minimum atomic E-state index is -3.80. The molecule has 0 spiro atoms. The Bertz CT molecular complexity index is 812. The van der Waals surface area contributed by atoms with Crippen molar-refractivity contribution in [1.29, 1.82) is 5.26 Å². The van der Waals surface area contributed by atoms with Crippen molar-refractivity contribution in [3.05, 3.63) is 52.7 Å². The van der Waals surface area contributed by atoms with Crippen LogP contribution in [0.25, 0.3) is 6.08 Å². The van der Waals surface area contributed by atoms with E-state index in [0.717, 1.165) is 0 Å². The van der Waals surface area contributed by atoms with E-state index >= 15 is 0 Å². The molecular weight excluding hydrogens is 286 g/mol. The number of sulfone groups is 1. The first kappa shape index (κ1) is 15.0. The summed E-state index contributed by atoms with van der Waals surface area (Å²) in [5, 5.41) is 13.5. The molecule has 1 heterocycles. The molecule has 0 aliphatic carbocycles. The molecule has 0 fully saturated rings. The SMILES string of the molecule is CCn1cc(/C=C(/C#N)S(=O)(=O)c2ccccc2)c(C)n1. The fourth-order valence-corrected chi connectivity index (χ4v) is 3.05. The first-order valence-corrected chi connectivity index (χ1v) is 7.93. The predicted octanol–water partition coefficient (Wildman–Crippen LogP) is 2.55. The summed E-state index contributed by atoms with van der Waals surface area (Å²) < 4.78 is 26.6. The molecule has 1 aromatic heterocycles. The van der Waals surface area contributed by atoms with E-state index in [-0.39, 0.29) is 9.80 Å². The van der Waals surface area contributed by atoms with Crippen molar-refractivity contribution in [1.82, 2.24) is 9.78 Å². The summed E-state index contributed by atoms with van der Waals surface area (Å²) in [5.74, 6) is 0. The molecule has 108 valence electrons. The van der Waals surface area contributed by atoms with Crippen molar-refractivity contribution in [2.24, 2.45) is 0 Å². The topological polar surface area (TPSA) is 75.8 Å². The Hall–Kier alpha value is -2.39. The largest absolute Gasteiger partial charge is 0.272 e. The van der Waals surface area contributed by atoms with Crippen LogP contribution in [0, 0.1) is 18.3 Å². The highest BCUT2D eigenvalue weighted by molar-refractivity contribution is 7.95. The zero-order chi connectivity index (χ0) is 15.5. The van der Waals surface area contributed by atoms with Gasteiger partial charge in [0.15, 0.2) is 0 Å². The molecule has 0 aliphatic heterocycles. The second-order valence-electron chi connectivity index (χ2n) is 4.46. The third-order valence-corrected chi connectivity index (χ3v) is 4.73. The van der Waals surface area contributed by atoms with Crippen molar-refractivity contribution < 1.29 is 8.42 Å².